The third-order valence-electron chi connectivity index (χ3n) is 8.56. The van der Waals surface area contributed by atoms with Gasteiger partial charge in [0.05, 0.1) is 17.3 Å². The van der Waals surface area contributed by atoms with E-state index < -0.39 is 45.4 Å². The molecule has 3 N–H and O–H groups in total. The predicted molar refractivity (Wildman–Crippen MR) is 180 cm³/mol. The molecule has 1 unspecified atom stereocenters. The van der Waals surface area contributed by atoms with Crippen LogP contribution in [0, 0.1) is 23.1 Å². The molecule has 3 amide bonds. The third kappa shape index (κ3) is 7.84. The number of carbonyl (C=O) groups excluding carboxylic acids is 2. The number of nitriles is 1. The molecule has 2 aliphatic rings. The van der Waals surface area contributed by atoms with Crippen LogP contribution in [0.15, 0.2) is 66.7 Å². The summed E-state index contributed by atoms with van der Waals surface area (Å²) in [6, 6.07) is 19.3. The van der Waals surface area contributed by atoms with Crippen LogP contribution in [-0.2, 0) is 21.7 Å². The first-order valence-electron chi connectivity index (χ1n) is 15.5. The summed E-state index contributed by atoms with van der Waals surface area (Å²) in [5.41, 5.74) is 1.25. The van der Waals surface area contributed by atoms with Crippen LogP contribution in [0.5, 0.6) is 0 Å². The minimum Gasteiger partial charge on any atom is -0.598 e. The highest BCUT2D eigenvalue weighted by molar-refractivity contribution is 7.90. The lowest BCUT2D eigenvalue weighted by atomic mass is 9.79. The second-order valence-electron chi connectivity index (χ2n) is 13.0. The highest BCUT2D eigenvalue weighted by atomic mass is 35.5. The van der Waals surface area contributed by atoms with Gasteiger partial charge in [0, 0.05) is 28.6 Å². The van der Waals surface area contributed by atoms with Crippen molar-refractivity contribution >= 4 is 46.3 Å². The molecule has 1 saturated carbocycles. The summed E-state index contributed by atoms with van der Waals surface area (Å²) in [6.07, 6.45) is 4.67. The molecular weight excluding hydrogens is 625 g/mol. The fourth-order valence-electron chi connectivity index (χ4n) is 5.73. The van der Waals surface area contributed by atoms with Crippen molar-refractivity contribution < 1.29 is 18.5 Å². The summed E-state index contributed by atoms with van der Waals surface area (Å²) in [5, 5.41) is 15.8. The Bertz CT molecular complexity index is 1620. The monoisotopic (exact) mass is 663 g/mol. The Balaban J connectivity index is 1.47. The number of benzene rings is 3. The first-order valence-corrected chi connectivity index (χ1v) is 17.1. The van der Waals surface area contributed by atoms with Gasteiger partial charge in [0.1, 0.15) is 22.1 Å². The van der Waals surface area contributed by atoms with E-state index in [2.05, 4.69) is 21.4 Å². The Labute approximate surface area is 278 Å². The molecule has 3 aromatic rings. The molecule has 1 saturated heterocycles. The van der Waals surface area contributed by atoms with Gasteiger partial charge >= 0.3 is 6.03 Å². The number of halogens is 2. The molecular formula is C35H39ClFN5O3S. The number of hydrogen-bond acceptors (Lipinski definition) is 5. The number of rotatable bonds is 10. The highest BCUT2D eigenvalue weighted by Gasteiger charge is 2.44. The average Bonchev–Trinajstić information content (AvgIpc) is 3.73. The zero-order valence-corrected chi connectivity index (χ0v) is 27.8. The molecule has 0 aromatic heterocycles. The van der Waals surface area contributed by atoms with Gasteiger partial charge in [0.2, 0.25) is 5.91 Å². The first-order chi connectivity index (χ1) is 21.9. The van der Waals surface area contributed by atoms with Gasteiger partial charge in [-0.2, -0.15) is 5.26 Å². The molecule has 0 bridgehead atoms. The van der Waals surface area contributed by atoms with E-state index in [1.807, 2.05) is 26.8 Å². The maximum Gasteiger partial charge on any atom is 0.322 e. The number of nitrogens with zero attached hydrogens (tertiary/aromatic N) is 2. The van der Waals surface area contributed by atoms with E-state index in [0.717, 1.165) is 24.8 Å². The molecule has 46 heavy (non-hydrogen) atoms. The Morgan fingerprint density at radius 2 is 1.76 bits per heavy atom. The van der Waals surface area contributed by atoms with E-state index in [0.29, 0.717) is 53.6 Å². The molecule has 1 heterocycles. The van der Waals surface area contributed by atoms with Crippen LogP contribution in [0.25, 0.3) is 0 Å². The van der Waals surface area contributed by atoms with Gasteiger partial charge in [-0.1, -0.05) is 42.6 Å². The first kappa shape index (κ1) is 33.7. The minimum absolute atomic E-state index is 0.0389. The fourth-order valence-corrected chi connectivity index (χ4v) is 6.82. The van der Waals surface area contributed by atoms with Crippen LogP contribution in [-0.4, -0.2) is 38.7 Å². The van der Waals surface area contributed by atoms with Gasteiger partial charge in [-0.25, -0.2) is 9.18 Å². The molecule has 8 nitrogen and oxygen atoms in total. The molecule has 0 spiro atoms. The van der Waals surface area contributed by atoms with Crippen molar-refractivity contribution in [3.63, 3.8) is 0 Å². The van der Waals surface area contributed by atoms with Crippen LogP contribution in [0.2, 0.25) is 5.02 Å². The highest BCUT2D eigenvalue weighted by Crippen LogP contribution is 2.43. The van der Waals surface area contributed by atoms with Crippen molar-refractivity contribution in [2.24, 2.45) is 5.92 Å². The van der Waals surface area contributed by atoms with Crippen molar-refractivity contribution in [3.05, 3.63) is 94.3 Å². The van der Waals surface area contributed by atoms with Gasteiger partial charge in [0.15, 0.2) is 0 Å². The van der Waals surface area contributed by atoms with Crippen molar-refractivity contribution in [2.45, 2.75) is 75.6 Å². The van der Waals surface area contributed by atoms with Gasteiger partial charge in [-0.15, -0.1) is 4.72 Å². The van der Waals surface area contributed by atoms with Crippen molar-refractivity contribution in [3.8, 4) is 6.07 Å². The summed E-state index contributed by atoms with van der Waals surface area (Å²) in [5.74, 6) is -0.595. The van der Waals surface area contributed by atoms with Gasteiger partial charge in [0.25, 0.3) is 0 Å². The topological polar surface area (TPSA) is 120 Å². The Kier molecular flexibility index (Phi) is 10.3. The lowest BCUT2D eigenvalue weighted by Gasteiger charge is -2.39. The SMILES string of the molecule is CC(C)(C)[S+]([O-])N[C@](CCC1CC1)(c1cccc(C#N)c1)c1ccc(F)c(NC(=O)[C@H]2CCCN2C(=O)Nc2ccc(Cl)cc2)c1. The quantitative estimate of drug-likeness (QED) is 0.194. The van der Waals surface area contributed by atoms with Gasteiger partial charge in [-0.05, 0) is 112 Å². The van der Waals surface area contributed by atoms with Crippen LogP contribution >= 0.6 is 11.6 Å². The predicted octanol–water partition coefficient (Wildman–Crippen LogP) is 7.47. The number of carbonyl (C=O) groups is 2. The number of amides is 3. The third-order valence-corrected chi connectivity index (χ3v) is 10.5. The van der Waals surface area contributed by atoms with Crippen molar-refractivity contribution in [1.82, 2.24) is 9.62 Å². The molecule has 0 radical (unpaired) electrons. The molecule has 5 rings (SSSR count). The second-order valence-corrected chi connectivity index (χ2v) is 15.4. The number of hydrogen-bond donors (Lipinski definition) is 3. The van der Waals surface area contributed by atoms with E-state index in [1.165, 1.54) is 11.0 Å². The largest absolute Gasteiger partial charge is 0.598 e. The average molecular weight is 664 g/mol. The van der Waals surface area contributed by atoms with Crippen LogP contribution in [0.3, 0.4) is 0 Å². The van der Waals surface area contributed by atoms with Crippen LogP contribution in [0.1, 0.15) is 76.0 Å². The maximum absolute atomic E-state index is 15.4. The minimum atomic E-state index is -1.54. The number of urea groups is 1. The van der Waals surface area contributed by atoms with E-state index in [9.17, 15) is 19.4 Å². The smallest absolute Gasteiger partial charge is 0.322 e. The number of nitrogens with one attached hydrogen (secondary N) is 3. The van der Waals surface area contributed by atoms with Crippen LogP contribution < -0.4 is 15.4 Å². The molecule has 11 heteroatoms. The summed E-state index contributed by atoms with van der Waals surface area (Å²) >= 11 is 4.42. The second kappa shape index (κ2) is 14.0. The standard InChI is InChI=1S/C35H39ClFN5O3S/c1-34(2,3)46(45)41-35(18-17-23-9-10-23,25-7-4-6-24(20-25)22-38)26-11-16-29(37)30(21-26)40-32(43)31-8-5-19-42(31)33(44)39-28-14-12-27(36)13-15-28/h4,6-7,11-16,20-21,23,31,41H,5,8-10,17-19H2,1-3H3,(H,39,44)(H,40,43)/t31-,35-,46?/m1/s1. The molecule has 1 aliphatic carbocycles. The molecule has 242 valence electrons. The zero-order chi connectivity index (χ0) is 33.1. The van der Waals surface area contributed by atoms with E-state index in [1.54, 1.807) is 54.6 Å². The lowest BCUT2D eigenvalue weighted by Crippen LogP contribution is -2.52. The fraction of sp³-hybridized carbons (Fsp3) is 0.400. The number of anilines is 2. The summed E-state index contributed by atoms with van der Waals surface area (Å²) < 4.78 is 32.0. The van der Waals surface area contributed by atoms with Crippen LogP contribution in [0.4, 0.5) is 20.6 Å². The summed E-state index contributed by atoms with van der Waals surface area (Å²) in [7, 11) is 0. The maximum atomic E-state index is 15.4. The molecule has 2 fully saturated rings. The molecule has 3 atom stereocenters. The zero-order valence-electron chi connectivity index (χ0n) is 26.2. The van der Waals surface area contributed by atoms with E-state index in [-0.39, 0.29) is 5.69 Å². The van der Waals surface area contributed by atoms with Crippen molar-refractivity contribution in [1.29, 1.82) is 5.26 Å². The Morgan fingerprint density at radius 3 is 2.43 bits per heavy atom. The summed E-state index contributed by atoms with van der Waals surface area (Å²) in [6.45, 7) is 6.00. The van der Waals surface area contributed by atoms with E-state index in [4.69, 9.17) is 11.6 Å². The van der Waals surface area contributed by atoms with E-state index >= 15 is 4.39 Å². The van der Waals surface area contributed by atoms with Crippen molar-refractivity contribution in [2.75, 3.05) is 17.2 Å². The Morgan fingerprint density at radius 1 is 1.04 bits per heavy atom. The molecule has 3 aromatic carbocycles. The lowest BCUT2D eigenvalue weighted by molar-refractivity contribution is -0.119. The van der Waals surface area contributed by atoms with Gasteiger partial charge in [-0.3, -0.25) is 4.79 Å². The Hall–Kier alpha value is -3.62. The number of likely N-dealkylation sites (tertiary alicyclic amines) is 1. The normalized spacial score (nSPS) is 18.4. The van der Waals surface area contributed by atoms with Gasteiger partial charge < -0.3 is 20.1 Å². The summed E-state index contributed by atoms with van der Waals surface area (Å²) in [4.78, 5) is 28.2. The molecule has 1 aliphatic heterocycles.